The normalized spacial score (nSPS) is 10.5. The Balaban J connectivity index is 3.11. The molecule has 1 rings (SSSR count). The zero-order valence-corrected chi connectivity index (χ0v) is 9.81. The van der Waals surface area contributed by atoms with Crippen LogP contribution in [-0.2, 0) is 0 Å². The first-order valence-corrected chi connectivity index (χ1v) is 5.13. The SMILES string of the molecule is CCNc1nc(C)c([N+](=O)[O-])c(OCC(F)F)n1. The Morgan fingerprint density at radius 3 is 2.67 bits per heavy atom. The molecule has 0 saturated carbocycles. The van der Waals surface area contributed by atoms with E-state index in [1.54, 1.807) is 6.92 Å². The second-order valence-electron chi connectivity index (χ2n) is 3.28. The average molecular weight is 262 g/mol. The summed E-state index contributed by atoms with van der Waals surface area (Å²) in [4.78, 5) is 17.6. The van der Waals surface area contributed by atoms with E-state index in [1.165, 1.54) is 6.92 Å². The number of anilines is 1. The molecule has 0 aromatic carbocycles. The number of nitrogens with one attached hydrogen (secondary N) is 1. The van der Waals surface area contributed by atoms with Gasteiger partial charge in [-0.3, -0.25) is 10.1 Å². The maximum absolute atomic E-state index is 12.0. The van der Waals surface area contributed by atoms with Gasteiger partial charge in [0.1, 0.15) is 5.69 Å². The molecule has 0 spiro atoms. The molecule has 18 heavy (non-hydrogen) atoms. The zero-order chi connectivity index (χ0) is 13.7. The van der Waals surface area contributed by atoms with Crippen LogP contribution in [-0.4, -0.2) is 34.5 Å². The minimum absolute atomic E-state index is 0.0511. The Kier molecular flexibility index (Phi) is 4.69. The number of hydrogen-bond donors (Lipinski definition) is 1. The van der Waals surface area contributed by atoms with E-state index in [0.717, 1.165) is 0 Å². The number of hydrogen-bond acceptors (Lipinski definition) is 6. The fraction of sp³-hybridized carbons (Fsp3) is 0.556. The third-order valence-electron chi connectivity index (χ3n) is 1.89. The monoisotopic (exact) mass is 262 g/mol. The quantitative estimate of drug-likeness (QED) is 0.620. The highest BCUT2D eigenvalue weighted by Crippen LogP contribution is 2.28. The van der Waals surface area contributed by atoms with E-state index in [4.69, 9.17) is 0 Å². The van der Waals surface area contributed by atoms with E-state index >= 15 is 0 Å². The van der Waals surface area contributed by atoms with Gasteiger partial charge in [-0.2, -0.15) is 4.98 Å². The van der Waals surface area contributed by atoms with Crippen molar-refractivity contribution in [2.45, 2.75) is 20.3 Å². The fourth-order valence-corrected chi connectivity index (χ4v) is 1.23. The molecule has 0 bridgehead atoms. The fourth-order valence-electron chi connectivity index (χ4n) is 1.23. The Bertz CT molecular complexity index is 442. The molecule has 0 fully saturated rings. The van der Waals surface area contributed by atoms with E-state index in [-0.39, 0.29) is 11.6 Å². The molecule has 0 saturated heterocycles. The van der Waals surface area contributed by atoms with Gasteiger partial charge in [0.2, 0.25) is 5.95 Å². The summed E-state index contributed by atoms with van der Waals surface area (Å²) < 4.78 is 28.7. The van der Waals surface area contributed by atoms with Crippen LogP contribution in [0.15, 0.2) is 0 Å². The maximum atomic E-state index is 12.0. The first-order chi connectivity index (χ1) is 8.45. The predicted molar refractivity (Wildman–Crippen MR) is 59.1 cm³/mol. The van der Waals surface area contributed by atoms with Crippen LogP contribution in [0.3, 0.4) is 0 Å². The third kappa shape index (κ3) is 3.47. The maximum Gasteiger partial charge on any atom is 0.352 e. The zero-order valence-electron chi connectivity index (χ0n) is 9.81. The lowest BCUT2D eigenvalue weighted by Gasteiger charge is -2.09. The van der Waals surface area contributed by atoms with Crippen molar-refractivity contribution in [1.29, 1.82) is 0 Å². The van der Waals surface area contributed by atoms with E-state index < -0.39 is 29.5 Å². The summed E-state index contributed by atoms with van der Waals surface area (Å²) in [5.74, 6) is -0.353. The smallest absolute Gasteiger partial charge is 0.352 e. The van der Waals surface area contributed by atoms with E-state index in [0.29, 0.717) is 6.54 Å². The number of ether oxygens (including phenoxy) is 1. The van der Waals surface area contributed by atoms with Gasteiger partial charge in [0.05, 0.1) is 4.92 Å². The Morgan fingerprint density at radius 2 is 2.17 bits per heavy atom. The molecule has 100 valence electrons. The molecule has 9 heteroatoms. The van der Waals surface area contributed by atoms with Gasteiger partial charge < -0.3 is 10.1 Å². The molecule has 0 amide bonds. The first kappa shape index (κ1) is 14.0. The molecule has 0 atom stereocenters. The molecular formula is C9H12F2N4O3. The molecule has 0 aliphatic carbocycles. The highest BCUT2D eigenvalue weighted by Gasteiger charge is 2.24. The number of rotatable bonds is 6. The van der Waals surface area contributed by atoms with Crippen LogP contribution < -0.4 is 10.1 Å². The molecule has 1 heterocycles. The van der Waals surface area contributed by atoms with Crippen molar-refractivity contribution >= 4 is 11.6 Å². The lowest BCUT2D eigenvalue weighted by atomic mass is 10.3. The number of halogens is 2. The molecule has 1 N–H and O–H groups in total. The lowest BCUT2D eigenvalue weighted by molar-refractivity contribution is -0.387. The van der Waals surface area contributed by atoms with E-state index in [1.807, 2.05) is 0 Å². The minimum atomic E-state index is -2.73. The summed E-state index contributed by atoms with van der Waals surface area (Å²) in [6.07, 6.45) is -2.73. The summed E-state index contributed by atoms with van der Waals surface area (Å²) in [7, 11) is 0. The predicted octanol–water partition coefficient (Wildman–Crippen LogP) is 1.77. The minimum Gasteiger partial charge on any atom is -0.467 e. The molecule has 0 unspecified atom stereocenters. The number of nitrogens with zero attached hydrogens (tertiary/aromatic N) is 3. The molecule has 7 nitrogen and oxygen atoms in total. The highest BCUT2D eigenvalue weighted by molar-refractivity contribution is 5.48. The number of alkyl halides is 2. The van der Waals surface area contributed by atoms with E-state index in [2.05, 4.69) is 20.0 Å². The second-order valence-corrected chi connectivity index (χ2v) is 3.28. The van der Waals surface area contributed by atoms with Gasteiger partial charge in [0.25, 0.3) is 12.3 Å². The van der Waals surface area contributed by atoms with Gasteiger partial charge in [-0.25, -0.2) is 13.8 Å². The summed E-state index contributed by atoms with van der Waals surface area (Å²) in [6.45, 7) is 2.70. The molecule has 0 radical (unpaired) electrons. The van der Waals surface area contributed by atoms with Crippen LogP contribution in [0.1, 0.15) is 12.6 Å². The molecule has 0 aliphatic heterocycles. The summed E-state index contributed by atoms with van der Waals surface area (Å²) in [5.41, 5.74) is -0.451. The van der Waals surface area contributed by atoms with Crippen LogP contribution in [0.2, 0.25) is 0 Å². The van der Waals surface area contributed by atoms with Gasteiger partial charge in [-0.1, -0.05) is 0 Å². The molecule has 1 aromatic heterocycles. The Labute approximate surface area is 101 Å². The molecule has 1 aromatic rings. The number of aryl methyl sites for hydroxylation is 1. The Hall–Kier alpha value is -2.06. The van der Waals surface area contributed by atoms with Crippen LogP contribution in [0.25, 0.3) is 0 Å². The second kappa shape index (κ2) is 6.03. The molecule has 0 aliphatic rings. The van der Waals surface area contributed by atoms with Crippen LogP contribution in [0, 0.1) is 17.0 Å². The van der Waals surface area contributed by atoms with E-state index in [9.17, 15) is 18.9 Å². The lowest BCUT2D eigenvalue weighted by Crippen LogP contribution is -2.12. The summed E-state index contributed by atoms with van der Waals surface area (Å²) in [6, 6.07) is 0. The standard InChI is InChI=1S/C9H12F2N4O3/c1-3-12-9-13-5(2)7(15(16)17)8(14-9)18-4-6(10)11/h6H,3-4H2,1-2H3,(H,12,13,14). The summed E-state index contributed by atoms with van der Waals surface area (Å²) in [5, 5.41) is 13.5. The van der Waals surface area contributed by atoms with Crippen LogP contribution >= 0.6 is 0 Å². The van der Waals surface area contributed by atoms with Gasteiger partial charge >= 0.3 is 5.69 Å². The number of aromatic nitrogens is 2. The first-order valence-electron chi connectivity index (χ1n) is 5.13. The van der Waals surface area contributed by atoms with Crippen molar-refractivity contribution in [2.75, 3.05) is 18.5 Å². The van der Waals surface area contributed by atoms with Gasteiger partial charge in [0.15, 0.2) is 6.61 Å². The van der Waals surface area contributed by atoms with Gasteiger partial charge in [-0.15, -0.1) is 0 Å². The largest absolute Gasteiger partial charge is 0.467 e. The van der Waals surface area contributed by atoms with Crippen molar-refractivity contribution in [3.8, 4) is 5.88 Å². The van der Waals surface area contributed by atoms with Gasteiger partial charge in [0, 0.05) is 6.54 Å². The number of nitro groups is 1. The molecular weight excluding hydrogens is 250 g/mol. The van der Waals surface area contributed by atoms with Crippen molar-refractivity contribution in [3.05, 3.63) is 15.8 Å². The van der Waals surface area contributed by atoms with Crippen molar-refractivity contribution in [3.63, 3.8) is 0 Å². The summed E-state index contributed by atoms with van der Waals surface area (Å²) >= 11 is 0. The van der Waals surface area contributed by atoms with Gasteiger partial charge in [-0.05, 0) is 13.8 Å². The Morgan fingerprint density at radius 1 is 1.50 bits per heavy atom. The van der Waals surface area contributed by atoms with Crippen molar-refractivity contribution in [2.24, 2.45) is 0 Å². The van der Waals surface area contributed by atoms with Crippen molar-refractivity contribution < 1.29 is 18.4 Å². The van der Waals surface area contributed by atoms with Crippen molar-refractivity contribution in [1.82, 2.24) is 9.97 Å². The third-order valence-corrected chi connectivity index (χ3v) is 1.89. The van der Waals surface area contributed by atoms with Crippen LogP contribution in [0.4, 0.5) is 20.4 Å². The van der Waals surface area contributed by atoms with Crippen LogP contribution in [0.5, 0.6) is 5.88 Å². The highest BCUT2D eigenvalue weighted by atomic mass is 19.3. The average Bonchev–Trinajstić information content (AvgIpc) is 2.25. The topological polar surface area (TPSA) is 90.2 Å².